The average Bonchev–Trinajstić information content (AvgIpc) is 2.25. The Morgan fingerprint density at radius 1 is 1.26 bits per heavy atom. The summed E-state index contributed by atoms with van der Waals surface area (Å²) in [6, 6.07) is 0.990. The predicted octanol–water partition coefficient (Wildman–Crippen LogP) is -1.91. The molecule has 1 aromatic heterocycles. The van der Waals surface area contributed by atoms with Crippen LogP contribution < -0.4 is 17.0 Å². The summed E-state index contributed by atoms with van der Waals surface area (Å²) >= 11 is 0. The molecule has 0 aromatic carbocycles. The van der Waals surface area contributed by atoms with Gasteiger partial charge in [-0.25, -0.2) is 8.42 Å². The zero-order chi connectivity index (χ0) is 14.8. The highest BCUT2D eigenvalue weighted by molar-refractivity contribution is 7.90. The van der Waals surface area contributed by atoms with Crippen molar-refractivity contribution >= 4 is 21.7 Å². The number of pyridine rings is 1. The molecular weight excluding hydrogens is 274 g/mol. The van der Waals surface area contributed by atoms with Crippen molar-refractivity contribution in [1.29, 1.82) is 0 Å². The molecule has 2 amide bonds. The van der Waals surface area contributed by atoms with Crippen LogP contribution in [0.25, 0.3) is 0 Å². The molecule has 0 fully saturated rings. The highest BCUT2D eigenvalue weighted by Crippen LogP contribution is 2.00. The van der Waals surface area contributed by atoms with Gasteiger partial charge in [-0.1, -0.05) is 0 Å². The topological polar surface area (TPSA) is 142 Å². The van der Waals surface area contributed by atoms with E-state index in [1.807, 2.05) is 0 Å². The third-order valence-corrected chi connectivity index (χ3v) is 3.26. The van der Waals surface area contributed by atoms with Gasteiger partial charge in [-0.15, -0.1) is 0 Å². The van der Waals surface area contributed by atoms with Gasteiger partial charge in [-0.3, -0.25) is 14.4 Å². The lowest BCUT2D eigenvalue weighted by atomic mass is 10.2. The van der Waals surface area contributed by atoms with Gasteiger partial charge in [0, 0.05) is 19.0 Å². The Balaban J connectivity index is 3.34. The van der Waals surface area contributed by atoms with Crippen LogP contribution in [-0.4, -0.2) is 36.8 Å². The molecule has 1 aromatic rings. The van der Waals surface area contributed by atoms with E-state index < -0.39 is 32.8 Å². The highest BCUT2D eigenvalue weighted by atomic mass is 32.2. The SMILES string of the molecule is CS(=O)(=O)CCn1cc(C(N)=O)cc(C(N)=O)c1=O. The monoisotopic (exact) mass is 287 g/mol. The summed E-state index contributed by atoms with van der Waals surface area (Å²) in [7, 11) is -3.30. The number of carbonyl (C=O) groups excluding carboxylic acids is 2. The molecule has 4 N–H and O–H groups in total. The normalized spacial score (nSPS) is 11.2. The molecule has 9 heteroatoms. The first-order valence-electron chi connectivity index (χ1n) is 5.13. The Hall–Kier alpha value is -2.16. The van der Waals surface area contributed by atoms with E-state index in [1.54, 1.807) is 0 Å². The zero-order valence-electron chi connectivity index (χ0n) is 10.1. The van der Waals surface area contributed by atoms with Gasteiger partial charge in [0.2, 0.25) is 5.91 Å². The number of nitrogens with zero attached hydrogens (tertiary/aromatic N) is 1. The van der Waals surface area contributed by atoms with Crippen LogP contribution in [0.2, 0.25) is 0 Å². The molecule has 8 nitrogen and oxygen atoms in total. The van der Waals surface area contributed by atoms with Crippen molar-refractivity contribution in [3.8, 4) is 0 Å². The van der Waals surface area contributed by atoms with Gasteiger partial charge >= 0.3 is 0 Å². The summed E-state index contributed by atoms with van der Waals surface area (Å²) in [5.74, 6) is -2.18. The summed E-state index contributed by atoms with van der Waals surface area (Å²) in [6.07, 6.45) is 2.10. The predicted molar refractivity (Wildman–Crippen MR) is 67.4 cm³/mol. The molecule has 0 atom stereocenters. The highest BCUT2D eigenvalue weighted by Gasteiger charge is 2.15. The van der Waals surface area contributed by atoms with Crippen LogP contribution >= 0.6 is 0 Å². The summed E-state index contributed by atoms with van der Waals surface area (Å²) in [5, 5.41) is 0. The molecule has 0 bridgehead atoms. The minimum atomic E-state index is -3.30. The van der Waals surface area contributed by atoms with Crippen LogP contribution in [0.3, 0.4) is 0 Å². The van der Waals surface area contributed by atoms with E-state index in [1.165, 1.54) is 0 Å². The standard InChI is InChI=1S/C10H13N3O5S/c1-19(17,18)3-2-13-5-6(8(11)14)4-7(9(12)15)10(13)16/h4-5H,2-3H2,1H3,(H2,11,14)(H2,12,15). The first kappa shape index (κ1) is 14.9. The summed E-state index contributed by atoms with van der Waals surface area (Å²) < 4.78 is 23.0. The molecule has 0 radical (unpaired) electrons. The van der Waals surface area contributed by atoms with Crippen LogP contribution in [0.4, 0.5) is 0 Å². The fraction of sp³-hybridized carbons (Fsp3) is 0.300. The van der Waals surface area contributed by atoms with Gasteiger partial charge in [0.25, 0.3) is 11.5 Å². The van der Waals surface area contributed by atoms with Gasteiger partial charge in [0.05, 0.1) is 11.3 Å². The molecule has 0 saturated carbocycles. The summed E-state index contributed by atoms with van der Waals surface area (Å²) in [4.78, 5) is 34.0. The number of hydrogen-bond acceptors (Lipinski definition) is 5. The smallest absolute Gasteiger partial charge is 0.263 e. The second kappa shape index (κ2) is 5.22. The number of sulfone groups is 1. The number of carbonyl (C=O) groups is 2. The minimum Gasteiger partial charge on any atom is -0.366 e. The second-order valence-corrected chi connectivity index (χ2v) is 6.26. The van der Waals surface area contributed by atoms with E-state index in [0.717, 1.165) is 23.1 Å². The number of nitrogens with two attached hydrogens (primary N) is 2. The molecular formula is C10H13N3O5S. The van der Waals surface area contributed by atoms with E-state index in [-0.39, 0.29) is 17.9 Å². The fourth-order valence-corrected chi connectivity index (χ4v) is 1.91. The lowest BCUT2D eigenvalue weighted by molar-refractivity contribution is 0.0998. The number of hydrogen-bond donors (Lipinski definition) is 2. The van der Waals surface area contributed by atoms with Crippen LogP contribution in [0.15, 0.2) is 17.1 Å². The van der Waals surface area contributed by atoms with Gasteiger partial charge in [0.1, 0.15) is 15.4 Å². The molecule has 1 heterocycles. The van der Waals surface area contributed by atoms with Crippen molar-refractivity contribution in [3.63, 3.8) is 0 Å². The molecule has 104 valence electrons. The van der Waals surface area contributed by atoms with Crippen LogP contribution in [0.1, 0.15) is 20.7 Å². The summed E-state index contributed by atoms with van der Waals surface area (Å²) in [6.45, 7) is -0.195. The third kappa shape index (κ3) is 3.91. The minimum absolute atomic E-state index is 0.0955. The van der Waals surface area contributed by atoms with Gasteiger partial charge < -0.3 is 16.0 Å². The maximum Gasteiger partial charge on any atom is 0.263 e. The molecule has 1 rings (SSSR count). The first-order valence-corrected chi connectivity index (χ1v) is 7.19. The molecule has 0 unspecified atom stereocenters. The van der Waals surface area contributed by atoms with Crippen molar-refractivity contribution in [1.82, 2.24) is 4.57 Å². The van der Waals surface area contributed by atoms with E-state index in [0.29, 0.717) is 0 Å². The van der Waals surface area contributed by atoms with Crippen LogP contribution in [-0.2, 0) is 16.4 Å². The van der Waals surface area contributed by atoms with Gasteiger partial charge in [-0.05, 0) is 6.07 Å². The molecule has 0 aliphatic carbocycles. The lowest BCUT2D eigenvalue weighted by Gasteiger charge is -2.08. The van der Waals surface area contributed by atoms with E-state index in [9.17, 15) is 22.8 Å². The Kier molecular flexibility index (Phi) is 4.10. The molecule has 0 spiro atoms. The molecule has 0 saturated heterocycles. The van der Waals surface area contributed by atoms with Gasteiger partial charge in [0.15, 0.2) is 0 Å². The lowest BCUT2D eigenvalue weighted by Crippen LogP contribution is -2.32. The van der Waals surface area contributed by atoms with Gasteiger partial charge in [-0.2, -0.15) is 0 Å². The van der Waals surface area contributed by atoms with Crippen LogP contribution in [0, 0.1) is 0 Å². The number of aryl methyl sites for hydroxylation is 1. The second-order valence-electron chi connectivity index (χ2n) is 4.00. The Morgan fingerprint density at radius 2 is 1.84 bits per heavy atom. The largest absolute Gasteiger partial charge is 0.366 e. The maximum absolute atomic E-state index is 11.8. The van der Waals surface area contributed by atoms with E-state index >= 15 is 0 Å². The molecule has 19 heavy (non-hydrogen) atoms. The molecule has 0 aliphatic heterocycles. The number of rotatable bonds is 5. The summed E-state index contributed by atoms with van der Waals surface area (Å²) in [5.41, 5.74) is 8.80. The third-order valence-electron chi connectivity index (χ3n) is 2.34. The maximum atomic E-state index is 11.8. The van der Waals surface area contributed by atoms with Crippen molar-refractivity contribution in [2.24, 2.45) is 11.5 Å². The quantitative estimate of drug-likeness (QED) is 0.649. The van der Waals surface area contributed by atoms with Crippen LogP contribution in [0.5, 0.6) is 0 Å². The Bertz CT molecular complexity index is 690. The molecule has 0 aliphatic rings. The fourth-order valence-electron chi connectivity index (χ4n) is 1.38. The van der Waals surface area contributed by atoms with Crippen molar-refractivity contribution in [2.45, 2.75) is 6.54 Å². The number of amides is 2. The average molecular weight is 287 g/mol. The number of aromatic nitrogens is 1. The van der Waals surface area contributed by atoms with E-state index in [2.05, 4.69) is 0 Å². The Morgan fingerprint density at radius 3 is 2.26 bits per heavy atom. The zero-order valence-corrected chi connectivity index (χ0v) is 10.9. The van der Waals surface area contributed by atoms with Crippen molar-refractivity contribution in [2.75, 3.05) is 12.0 Å². The van der Waals surface area contributed by atoms with E-state index in [4.69, 9.17) is 11.5 Å². The first-order chi connectivity index (χ1) is 8.61. The number of primary amides is 2. The van der Waals surface area contributed by atoms with Crippen molar-refractivity contribution < 1.29 is 18.0 Å². The Labute approximate surface area is 108 Å². The van der Waals surface area contributed by atoms with Crippen molar-refractivity contribution in [3.05, 3.63) is 33.7 Å².